The van der Waals surface area contributed by atoms with Crippen LogP contribution < -0.4 is 19.9 Å². The molecule has 6 heteroatoms. The van der Waals surface area contributed by atoms with Crippen molar-refractivity contribution in [2.45, 2.75) is 12.8 Å². The van der Waals surface area contributed by atoms with Gasteiger partial charge in [-0.1, -0.05) is 36.4 Å². The van der Waals surface area contributed by atoms with E-state index in [2.05, 4.69) is 0 Å². The van der Waals surface area contributed by atoms with E-state index in [1.807, 2.05) is 54.6 Å². The number of esters is 1. The van der Waals surface area contributed by atoms with Crippen LogP contribution in [0.1, 0.15) is 24.0 Å². The number of rotatable bonds is 5. The summed E-state index contributed by atoms with van der Waals surface area (Å²) in [5, 5.41) is 1.76. The minimum atomic E-state index is -0.506. The summed E-state index contributed by atoms with van der Waals surface area (Å²) in [6.45, 7) is 1.99. The molecule has 0 saturated carbocycles. The van der Waals surface area contributed by atoms with Gasteiger partial charge in [-0.15, -0.1) is 0 Å². The zero-order valence-corrected chi connectivity index (χ0v) is 17.1. The van der Waals surface area contributed by atoms with Crippen LogP contribution in [0.2, 0.25) is 0 Å². The van der Waals surface area contributed by atoms with Crippen LogP contribution in [0.3, 0.4) is 0 Å². The molecule has 4 rings (SSSR count). The van der Waals surface area contributed by atoms with Crippen LogP contribution in [-0.2, 0) is 9.53 Å². The van der Waals surface area contributed by atoms with Crippen molar-refractivity contribution in [1.29, 1.82) is 0 Å². The fourth-order valence-corrected chi connectivity index (χ4v) is 3.87. The third-order valence-electron chi connectivity index (χ3n) is 5.23. The molecule has 0 spiro atoms. The van der Waals surface area contributed by atoms with E-state index in [-0.39, 0.29) is 18.1 Å². The molecule has 1 heterocycles. The van der Waals surface area contributed by atoms with E-state index in [1.165, 1.54) is 0 Å². The molecule has 1 aliphatic heterocycles. The average molecular weight is 405 g/mol. The van der Waals surface area contributed by atoms with Gasteiger partial charge in [-0.2, -0.15) is 0 Å². The van der Waals surface area contributed by atoms with Crippen molar-refractivity contribution in [2.24, 2.45) is 5.73 Å². The maximum absolute atomic E-state index is 12.8. The number of nitrogens with two attached hydrogens (primary N) is 1. The van der Waals surface area contributed by atoms with Crippen LogP contribution in [0.25, 0.3) is 10.8 Å². The van der Waals surface area contributed by atoms with Crippen molar-refractivity contribution in [1.82, 2.24) is 0 Å². The second-order valence-corrected chi connectivity index (χ2v) is 6.85. The highest BCUT2D eigenvalue weighted by Crippen LogP contribution is 2.48. The highest BCUT2D eigenvalue weighted by atomic mass is 16.5. The standard InChI is InChI=1S/C24H23NO5/c1-4-29-24(26)21-20(14-9-11-15(27-2)12-10-14)18-13-19(28-3)16-7-5-6-8-17(16)22(18)30-23(21)25/h5-13,20H,4,25H2,1-3H3. The van der Waals surface area contributed by atoms with Gasteiger partial charge in [0.05, 0.1) is 26.7 Å². The molecule has 0 fully saturated rings. The van der Waals surface area contributed by atoms with E-state index in [0.717, 1.165) is 27.6 Å². The zero-order chi connectivity index (χ0) is 21.3. The average Bonchev–Trinajstić information content (AvgIpc) is 2.78. The van der Waals surface area contributed by atoms with Crippen LogP contribution in [-0.4, -0.2) is 26.8 Å². The van der Waals surface area contributed by atoms with Crippen LogP contribution >= 0.6 is 0 Å². The molecular formula is C24H23NO5. The lowest BCUT2D eigenvalue weighted by Crippen LogP contribution is -2.27. The Hall–Kier alpha value is -3.67. The predicted molar refractivity (Wildman–Crippen MR) is 114 cm³/mol. The van der Waals surface area contributed by atoms with Crippen LogP contribution in [0, 0.1) is 0 Å². The lowest BCUT2D eigenvalue weighted by molar-refractivity contribution is -0.139. The van der Waals surface area contributed by atoms with Crippen molar-refractivity contribution in [3.63, 3.8) is 0 Å². The van der Waals surface area contributed by atoms with Crippen LogP contribution in [0.5, 0.6) is 17.2 Å². The number of benzene rings is 3. The summed E-state index contributed by atoms with van der Waals surface area (Å²) in [6.07, 6.45) is 0. The van der Waals surface area contributed by atoms with Gasteiger partial charge in [-0.05, 0) is 30.7 Å². The van der Waals surface area contributed by atoms with Crippen molar-refractivity contribution >= 4 is 16.7 Å². The molecule has 0 amide bonds. The van der Waals surface area contributed by atoms with Gasteiger partial charge in [0.25, 0.3) is 0 Å². The number of carbonyl (C=O) groups excluding carboxylic acids is 1. The Labute approximate surface area is 174 Å². The predicted octanol–water partition coefficient (Wildman–Crippen LogP) is 4.11. The lowest BCUT2D eigenvalue weighted by atomic mass is 9.81. The second kappa shape index (κ2) is 7.99. The maximum atomic E-state index is 12.8. The molecule has 0 radical (unpaired) electrons. The molecule has 30 heavy (non-hydrogen) atoms. The molecule has 0 aromatic heterocycles. The highest BCUT2D eigenvalue weighted by molar-refractivity contribution is 5.98. The van der Waals surface area contributed by atoms with E-state index < -0.39 is 11.9 Å². The number of methoxy groups -OCH3 is 2. The van der Waals surface area contributed by atoms with Crippen molar-refractivity contribution in [3.8, 4) is 17.2 Å². The molecule has 3 aromatic rings. The first-order valence-electron chi connectivity index (χ1n) is 9.67. The molecule has 3 aromatic carbocycles. The van der Waals surface area contributed by atoms with Gasteiger partial charge in [0.15, 0.2) is 0 Å². The summed E-state index contributed by atoms with van der Waals surface area (Å²) in [5.41, 5.74) is 8.19. The van der Waals surface area contributed by atoms with Crippen molar-refractivity contribution in [2.75, 3.05) is 20.8 Å². The second-order valence-electron chi connectivity index (χ2n) is 6.85. The normalized spacial score (nSPS) is 15.4. The van der Waals surface area contributed by atoms with Crippen LogP contribution in [0.4, 0.5) is 0 Å². The molecule has 2 N–H and O–H groups in total. The Bertz CT molecular complexity index is 1130. The van der Waals surface area contributed by atoms with E-state index in [9.17, 15) is 4.79 Å². The van der Waals surface area contributed by atoms with Gasteiger partial charge in [0.1, 0.15) is 22.8 Å². The first-order chi connectivity index (χ1) is 14.6. The third-order valence-corrected chi connectivity index (χ3v) is 5.23. The van der Waals surface area contributed by atoms with Crippen LogP contribution in [0.15, 0.2) is 66.1 Å². The van der Waals surface area contributed by atoms with Crippen molar-refractivity contribution in [3.05, 3.63) is 77.2 Å². The van der Waals surface area contributed by atoms with E-state index in [1.54, 1.807) is 21.1 Å². The van der Waals surface area contributed by atoms with Gasteiger partial charge < -0.3 is 24.7 Å². The summed E-state index contributed by atoms with van der Waals surface area (Å²) < 4.78 is 22.2. The van der Waals surface area contributed by atoms with Gasteiger partial charge in [-0.3, -0.25) is 0 Å². The topological polar surface area (TPSA) is 80.0 Å². The van der Waals surface area contributed by atoms with Crippen molar-refractivity contribution < 1.29 is 23.7 Å². The van der Waals surface area contributed by atoms with Gasteiger partial charge in [-0.25, -0.2) is 4.79 Å². The summed E-state index contributed by atoms with van der Waals surface area (Å²) in [4.78, 5) is 12.8. The van der Waals surface area contributed by atoms with Gasteiger partial charge in [0, 0.05) is 16.3 Å². The number of hydrogen-bond donors (Lipinski definition) is 1. The highest BCUT2D eigenvalue weighted by Gasteiger charge is 2.37. The Morgan fingerprint density at radius 2 is 1.73 bits per heavy atom. The molecule has 6 nitrogen and oxygen atoms in total. The fourth-order valence-electron chi connectivity index (χ4n) is 3.87. The number of carbonyl (C=O) groups is 1. The molecule has 154 valence electrons. The van der Waals surface area contributed by atoms with E-state index in [0.29, 0.717) is 11.5 Å². The Morgan fingerprint density at radius 1 is 1.03 bits per heavy atom. The summed E-state index contributed by atoms with van der Waals surface area (Å²) in [7, 11) is 3.23. The summed E-state index contributed by atoms with van der Waals surface area (Å²) in [5.74, 6) is 1.08. The van der Waals surface area contributed by atoms with E-state index >= 15 is 0 Å². The maximum Gasteiger partial charge on any atom is 0.340 e. The first kappa shape index (κ1) is 19.6. The Kier molecular flexibility index (Phi) is 5.23. The Morgan fingerprint density at radius 3 is 2.37 bits per heavy atom. The summed E-state index contributed by atoms with van der Waals surface area (Å²) in [6, 6.07) is 17.2. The largest absolute Gasteiger partial charge is 0.497 e. The van der Waals surface area contributed by atoms with Gasteiger partial charge in [0.2, 0.25) is 5.88 Å². The lowest BCUT2D eigenvalue weighted by Gasteiger charge is -2.30. The number of fused-ring (bicyclic) bond motifs is 3. The molecule has 1 unspecified atom stereocenters. The van der Waals surface area contributed by atoms with Gasteiger partial charge >= 0.3 is 5.97 Å². The quantitative estimate of drug-likeness (QED) is 0.644. The molecule has 1 aliphatic rings. The fraction of sp³-hybridized carbons (Fsp3) is 0.208. The molecule has 0 aliphatic carbocycles. The number of hydrogen-bond acceptors (Lipinski definition) is 6. The molecular weight excluding hydrogens is 382 g/mol. The van der Waals surface area contributed by atoms with E-state index in [4.69, 9.17) is 24.7 Å². The SMILES string of the molecule is CCOC(=O)C1=C(N)Oc2c(cc(OC)c3ccccc23)C1c1ccc(OC)cc1. The molecule has 0 bridgehead atoms. The Balaban J connectivity index is 2.00. The first-order valence-corrected chi connectivity index (χ1v) is 9.67. The minimum Gasteiger partial charge on any atom is -0.497 e. The number of ether oxygens (including phenoxy) is 4. The molecule has 1 atom stereocenters. The monoisotopic (exact) mass is 405 g/mol. The minimum absolute atomic E-state index is 0.0390. The molecule has 0 saturated heterocycles. The third kappa shape index (κ3) is 3.20. The summed E-state index contributed by atoms with van der Waals surface area (Å²) >= 11 is 0. The smallest absolute Gasteiger partial charge is 0.340 e. The zero-order valence-electron chi connectivity index (χ0n) is 17.1.